The summed E-state index contributed by atoms with van der Waals surface area (Å²) in [6.07, 6.45) is -11.7. The number of hydrogen-bond donors (Lipinski definition) is 19. The molecule has 0 saturated carbocycles. The molecule has 2 aliphatic rings. The van der Waals surface area contributed by atoms with E-state index in [2.05, 4.69) is 53.2 Å². The van der Waals surface area contributed by atoms with E-state index in [0.717, 1.165) is 30.6 Å². The topological polar surface area (TPSA) is 529 Å². The van der Waals surface area contributed by atoms with Gasteiger partial charge in [0.25, 0.3) is 0 Å². The predicted octanol–water partition coefficient (Wildman–Crippen LogP) is -8.15. The molecule has 18 atom stereocenters. The van der Waals surface area contributed by atoms with Crippen LogP contribution in [0.5, 0.6) is 5.75 Å². The Morgan fingerprint density at radius 3 is 1.76 bits per heavy atom. The molecule has 0 bridgehead atoms. The number of benzene rings is 1. The number of rotatable bonds is 35. The molecule has 34 heteroatoms. The van der Waals surface area contributed by atoms with Crippen LogP contribution in [0.2, 0.25) is 0 Å². The van der Waals surface area contributed by atoms with Gasteiger partial charge < -0.3 is 114 Å². The minimum atomic E-state index is -1.97. The van der Waals surface area contributed by atoms with Gasteiger partial charge in [0, 0.05) is 25.9 Å². The fourth-order valence-electron chi connectivity index (χ4n) is 10.2. The van der Waals surface area contributed by atoms with Crippen molar-refractivity contribution >= 4 is 70.9 Å². The lowest BCUT2D eigenvalue weighted by molar-refractivity contribution is -0.147. The van der Waals surface area contributed by atoms with Crippen molar-refractivity contribution in [2.45, 2.75) is 210 Å². The molecule has 92 heavy (non-hydrogen) atoms. The highest BCUT2D eigenvalue weighted by molar-refractivity contribution is 6.00. The van der Waals surface area contributed by atoms with Crippen LogP contribution in [0.1, 0.15) is 98.6 Å². The second-order valence-electron chi connectivity index (χ2n) is 23.6. The number of aliphatic hydroxyl groups excluding tert-OH is 7. The Kier molecular flexibility index (Phi) is 31.2. The fourth-order valence-corrected chi connectivity index (χ4v) is 10.2. The molecular formula is C58H95N13O21. The van der Waals surface area contributed by atoms with E-state index in [1.807, 2.05) is 0 Å². The molecule has 20 N–H and O–H groups in total. The smallest absolute Gasteiger partial charge is 0.326 e. The van der Waals surface area contributed by atoms with Crippen LogP contribution in [0.3, 0.4) is 0 Å². The van der Waals surface area contributed by atoms with Gasteiger partial charge >= 0.3 is 5.97 Å². The summed E-state index contributed by atoms with van der Waals surface area (Å²) in [7, 11) is 3.11. The first-order valence-corrected chi connectivity index (χ1v) is 30.3. The molecule has 2 fully saturated rings. The van der Waals surface area contributed by atoms with Gasteiger partial charge in [-0.15, -0.1) is 0 Å². The third-order valence-electron chi connectivity index (χ3n) is 15.7. The Bertz CT molecular complexity index is 2750. The maximum absolute atomic E-state index is 14.6. The molecule has 11 amide bonds. The average Bonchev–Trinajstić information content (AvgIpc) is 1.61. The molecule has 34 nitrogen and oxygen atoms in total. The SMILES string of the molecule is CCC(O)C(NC(=O)C1C(O)CCN1C(=O)C(NC(=O)C(NC(=O)C1CC(O)CN1C(=O)C(NC(=O)C(Cc1ccc(OC)c(C)c1)NC(=O)C(C)NC(=O)C(N)C(C)O)C(C)C)C(C)O)C(C)O)C(=O)NCC(=O)NC(C(=O)NC(CCCNC)C(=O)O)C(C)O. The number of carboxylic acids is 1. The zero-order chi connectivity index (χ0) is 69.8. The number of amides is 11. The van der Waals surface area contributed by atoms with E-state index in [-0.39, 0.29) is 32.2 Å². The Labute approximate surface area is 532 Å². The summed E-state index contributed by atoms with van der Waals surface area (Å²) in [4.78, 5) is 165. The maximum Gasteiger partial charge on any atom is 0.326 e. The lowest BCUT2D eigenvalue weighted by Gasteiger charge is -2.34. The second kappa shape index (κ2) is 36.5. The number of ether oxygens (including phenoxy) is 1. The minimum Gasteiger partial charge on any atom is -0.496 e. The van der Waals surface area contributed by atoms with Crippen LogP contribution < -0.4 is 63.6 Å². The molecule has 1 aromatic rings. The number of aliphatic hydroxyl groups is 7. The Balaban J connectivity index is 1.81. The summed E-state index contributed by atoms with van der Waals surface area (Å²) in [5.74, 6) is -13.1. The highest BCUT2D eigenvalue weighted by atomic mass is 16.5. The van der Waals surface area contributed by atoms with E-state index in [1.54, 1.807) is 46.0 Å². The number of hydrogen-bond acceptors (Lipinski definition) is 22. The summed E-state index contributed by atoms with van der Waals surface area (Å²) < 4.78 is 5.35. The van der Waals surface area contributed by atoms with E-state index >= 15 is 0 Å². The summed E-state index contributed by atoms with van der Waals surface area (Å²) in [5, 5.41) is 108. The number of carbonyl (C=O) groups is 12. The van der Waals surface area contributed by atoms with Crippen LogP contribution in [0, 0.1) is 12.8 Å². The largest absolute Gasteiger partial charge is 0.496 e. The lowest BCUT2D eigenvalue weighted by atomic mass is 9.99. The normalized spacial score (nSPS) is 20.9. The first-order valence-electron chi connectivity index (χ1n) is 30.3. The quantitative estimate of drug-likeness (QED) is 0.0281. The zero-order valence-corrected chi connectivity index (χ0v) is 53.6. The van der Waals surface area contributed by atoms with Crippen molar-refractivity contribution in [3.05, 3.63) is 29.3 Å². The number of nitrogens with two attached hydrogens (primary N) is 1. The van der Waals surface area contributed by atoms with Gasteiger partial charge in [0.15, 0.2) is 0 Å². The Hall–Kier alpha value is -7.70. The third kappa shape index (κ3) is 22.3. The Morgan fingerprint density at radius 2 is 1.22 bits per heavy atom. The summed E-state index contributed by atoms with van der Waals surface area (Å²) in [6.45, 7) is 10.9. The number of aryl methyl sites for hydroxylation is 1. The van der Waals surface area contributed by atoms with Crippen molar-refractivity contribution in [2.24, 2.45) is 11.7 Å². The van der Waals surface area contributed by atoms with Crippen LogP contribution in [0.25, 0.3) is 0 Å². The minimum absolute atomic E-state index is 0.00741. The van der Waals surface area contributed by atoms with Gasteiger partial charge in [0.1, 0.15) is 72.2 Å². The third-order valence-corrected chi connectivity index (χ3v) is 15.7. The lowest BCUT2D eigenvalue weighted by Crippen LogP contribution is -2.64. The molecule has 0 spiro atoms. The summed E-state index contributed by atoms with van der Waals surface area (Å²) in [5.41, 5.74) is 6.96. The Morgan fingerprint density at radius 1 is 0.652 bits per heavy atom. The van der Waals surface area contributed by atoms with Gasteiger partial charge in [-0.25, -0.2) is 4.79 Å². The van der Waals surface area contributed by atoms with Crippen molar-refractivity contribution < 1.29 is 103 Å². The van der Waals surface area contributed by atoms with Gasteiger partial charge in [-0.2, -0.15) is 0 Å². The van der Waals surface area contributed by atoms with Crippen LogP contribution >= 0.6 is 0 Å². The van der Waals surface area contributed by atoms with Crippen molar-refractivity contribution in [1.29, 1.82) is 0 Å². The molecule has 0 aliphatic carbocycles. The monoisotopic (exact) mass is 1310 g/mol. The van der Waals surface area contributed by atoms with E-state index in [0.29, 0.717) is 29.8 Å². The van der Waals surface area contributed by atoms with Gasteiger partial charge in [0.2, 0.25) is 65.0 Å². The van der Waals surface area contributed by atoms with Gasteiger partial charge in [-0.1, -0.05) is 32.9 Å². The van der Waals surface area contributed by atoms with Crippen LogP contribution in [0.4, 0.5) is 0 Å². The number of aliphatic carboxylic acids is 1. The van der Waals surface area contributed by atoms with E-state index in [9.17, 15) is 98.4 Å². The highest BCUT2D eigenvalue weighted by Gasteiger charge is 2.48. The molecular weight excluding hydrogens is 1210 g/mol. The first-order chi connectivity index (χ1) is 43.0. The standard InChI is InChI=1S/C58H95N13O21/c1-12-37(77)46(52(84)61-23-40(79)65-43(29(7)73)53(85)63-34(58(90)91)14-13-18-60-10)69-55(87)47-38(78)17-19-70(47)57(89)45(31(9)75)68-54(86)44(30(8)74)67-50(82)36-22-33(76)24-71(36)56(88)42(25(2)3)66-49(81)35(21-32-15-16-39(92-11)26(4)20-32)64-48(80)27(5)62-51(83)41(59)28(6)72/h15-16,20,25,27-31,33-38,41-47,60,72-78H,12-14,17-19,21-24,59H2,1-11H3,(H,61,84)(H,62,83)(H,63,85)(H,64,80)(H,65,79)(H,66,81)(H,67,82)(H,68,86)(H,69,87)(H,90,91). The van der Waals surface area contributed by atoms with Crippen LogP contribution in [0.15, 0.2) is 18.2 Å². The van der Waals surface area contributed by atoms with E-state index in [4.69, 9.17) is 10.5 Å². The number of nitrogens with zero attached hydrogens (tertiary/aromatic N) is 2. The maximum atomic E-state index is 14.6. The number of likely N-dealkylation sites (tertiary alicyclic amines) is 2. The summed E-state index contributed by atoms with van der Waals surface area (Å²) >= 11 is 0. The van der Waals surface area contributed by atoms with Crippen LogP contribution in [-0.2, 0) is 64.0 Å². The molecule has 2 saturated heterocycles. The number of β-amino-alcohol motifs (C(OH)–C–C–N with tert-alkyl or cyclic N) is 1. The number of nitrogens with one attached hydrogen (secondary N) is 10. The van der Waals surface area contributed by atoms with E-state index < -0.39 is 206 Å². The highest BCUT2D eigenvalue weighted by Crippen LogP contribution is 2.25. The van der Waals surface area contributed by atoms with Crippen molar-refractivity contribution in [1.82, 2.24) is 63.0 Å². The van der Waals surface area contributed by atoms with Crippen molar-refractivity contribution in [3.63, 3.8) is 0 Å². The van der Waals surface area contributed by atoms with Gasteiger partial charge in [-0.05, 0) is 104 Å². The molecule has 3 rings (SSSR count). The first kappa shape index (κ1) is 78.5. The molecule has 0 radical (unpaired) electrons. The van der Waals surface area contributed by atoms with Gasteiger partial charge in [0.05, 0.1) is 56.4 Å². The molecule has 2 aliphatic heterocycles. The van der Waals surface area contributed by atoms with Gasteiger partial charge in [-0.3, -0.25) is 52.7 Å². The summed E-state index contributed by atoms with van der Waals surface area (Å²) in [6, 6.07) is -12.8. The van der Waals surface area contributed by atoms with Crippen LogP contribution in [-0.4, -0.2) is 271 Å². The predicted molar refractivity (Wildman–Crippen MR) is 324 cm³/mol. The molecule has 1 aromatic carbocycles. The van der Waals surface area contributed by atoms with Crippen molar-refractivity contribution in [2.75, 3.05) is 40.3 Å². The average molecular weight is 1310 g/mol. The molecule has 0 aromatic heterocycles. The second-order valence-corrected chi connectivity index (χ2v) is 23.6. The fraction of sp³-hybridized carbons (Fsp3) is 0.690. The number of methoxy groups -OCH3 is 1. The molecule has 518 valence electrons. The molecule has 2 heterocycles. The number of carboxylic acid groups (broad SMARTS) is 1. The zero-order valence-electron chi connectivity index (χ0n) is 53.6. The van der Waals surface area contributed by atoms with Crippen molar-refractivity contribution in [3.8, 4) is 5.75 Å². The molecule has 18 unspecified atom stereocenters. The van der Waals surface area contributed by atoms with E-state index in [1.165, 1.54) is 27.9 Å². The number of carbonyl (C=O) groups excluding carboxylic acids is 11.